The van der Waals surface area contributed by atoms with Crippen molar-refractivity contribution in [3.63, 3.8) is 0 Å². The lowest BCUT2D eigenvalue weighted by Gasteiger charge is -2.29. The molecular weight excluding hydrogens is 394 g/mol. The molecule has 3 N–H and O–H groups in total. The van der Waals surface area contributed by atoms with Crippen LogP contribution in [0.15, 0.2) is 24.3 Å². The highest BCUT2D eigenvalue weighted by molar-refractivity contribution is 5.64. The number of hydrogen-bond acceptors (Lipinski definition) is 3. The van der Waals surface area contributed by atoms with Crippen LogP contribution in [0.25, 0.3) is 0 Å². The Balaban J connectivity index is 2.59. The Morgan fingerprint density at radius 1 is 0.562 bits per heavy atom. The van der Waals surface area contributed by atoms with E-state index in [4.69, 9.17) is 0 Å². The second kappa shape index (κ2) is 8.32. The van der Waals surface area contributed by atoms with Crippen molar-refractivity contribution >= 4 is 5.69 Å². The molecule has 0 heterocycles. The molecule has 2 rings (SSSR count). The van der Waals surface area contributed by atoms with Gasteiger partial charge in [-0.25, -0.2) is 0 Å². The number of phenolic OH excluding ortho intramolecular Hbond substituents is 2. The molecule has 0 unspecified atom stereocenters. The number of aromatic hydroxyl groups is 2. The zero-order valence-electron chi connectivity index (χ0n) is 22.4. The zero-order chi connectivity index (χ0) is 24.9. The van der Waals surface area contributed by atoms with Gasteiger partial charge in [0.05, 0.1) is 5.69 Å². The molecule has 0 spiro atoms. The Kier molecular flexibility index (Phi) is 6.78. The largest absolute Gasteiger partial charge is 0.507 e. The summed E-state index contributed by atoms with van der Waals surface area (Å²) in [4.78, 5) is 0. The van der Waals surface area contributed by atoms with Crippen molar-refractivity contribution in [1.29, 1.82) is 0 Å². The van der Waals surface area contributed by atoms with E-state index in [9.17, 15) is 10.2 Å². The summed E-state index contributed by atoms with van der Waals surface area (Å²) in [7, 11) is 0. The molecule has 0 saturated carbocycles. The maximum absolute atomic E-state index is 11.1. The fourth-order valence-electron chi connectivity index (χ4n) is 3.80. The standard InChI is InChI=1S/C29H45NO2/c1-26(2,3)19-13-18(24(31)21(14-19)28(7,8)9)17-30-23-16-20(27(4,5)6)15-22(25(23)32)29(10,11)12/h13-16,30-32H,17H2,1-12H3. The number of hydrogen-bond donors (Lipinski definition) is 3. The Hall–Kier alpha value is -2.16. The summed E-state index contributed by atoms with van der Waals surface area (Å²) in [5, 5.41) is 25.7. The van der Waals surface area contributed by atoms with E-state index >= 15 is 0 Å². The summed E-state index contributed by atoms with van der Waals surface area (Å²) < 4.78 is 0. The molecular formula is C29H45NO2. The highest BCUT2D eigenvalue weighted by atomic mass is 16.3. The summed E-state index contributed by atoms with van der Waals surface area (Å²) in [6.45, 7) is 26.3. The first-order valence-corrected chi connectivity index (χ1v) is 11.7. The highest BCUT2D eigenvalue weighted by Gasteiger charge is 2.27. The Bertz CT molecular complexity index is 893. The van der Waals surface area contributed by atoms with Gasteiger partial charge in [-0.1, -0.05) is 95.2 Å². The molecule has 0 aliphatic rings. The third kappa shape index (κ3) is 5.79. The van der Waals surface area contributed by atoms with E-state index in [0.717, 1.165) is 16.7 Å². The van der Waals surface area contributed by atoms with Gasteiger partial charge in [-0.2, -0.15) is 0 Å². The summed E-state index contributed by atoms with van der Waals surface area (Å²) in [5.74, 6) is 0.619. The molecule has 0 amide bonds. The molecule has 2 aromatic carbocycles. The van der Waals surface area contributed by atoms with Crippen LogP contribution in [0.2, 0.25) is 0 Å². The average molecular weight is 440 g/mol. The lowest BCUT2D eigenvalue weighted by atomic mass is 9.78. The van der Waals surface area contributed by atoms with Gasteiger partial charge in [-0.05, 0) is 50.5 Å². The third-order valence-electron chi connectivity index (χ3n) is 6.12. The topological polar surface area (TPSA) is 52.5 Å². The van der Waals surface area contributed by atoms with Crippen molar-refractivity contribution in [2.24, 2.45) is 0 Å². The Morgan fingerprint density at radius 3 is 1.38 bits per heavy atom. The van der Waals surface area contributed by atoms with Crippen LogP contribution in [0.3, 0.4) is 0 Å². The quantitative estimate of drug-likeness (QED) is 0.426. The van der Waals surface area contributed by atoms with E-state index in [-0.39, 0.29) is 27.4 Å². The maximum Gasteiger partial charge on any atom is 0.142 e. The average Bonchev–Trinajstić information content (AvgIpc) is 2.57. The van der Waals surface area contributed by atoms with Gasteiger partial charge in [-0.15, -0.1) is 0 Å². The number of anilines is 1. The predicted molar refractivity (Wildman–Crippen MR) is 138 cm³/mol. The molecule has 32 heavy (non-hydrogen) atoms. The molecule has 0 aromatic heterocycles. The molecule has 0 aliphatic carbocycles. The molecule has 3 nitrogen and oxygen atoms in total. The van der Waals surface area contributed by atoms with Crippen molar-refractivity contribution in [3.05, 3.63) is 52.1 Å². The molecule has 3 heteroatoms. The second-order valence-electron chi connectivity index (χ2n) is 13.3. The molecule has 0 saturated heterocycles. The molecule has 0 bridgehead atoms. The summed E-state index contributed by atoms with van der Waals surface area (Å²) in [6, 6.07) is 8.39. The number of rotatable bonds is 3. The minimum absolute atomic E-state index is 0.0316. The van der Waals surface area contributed by atoms with Crippen LogP contribution < -0.4 is 5.32 Å². The molecule has 0 fully saturated rings. The molecule has 0 aliphatic heterocycles. The smallest absolute Gasteiger partial charge is 0.142 e. The van der Waals surface area contributed by atoms with Crippen molar-refractivity contribution in [2.75, 3.05) is 5.32 Å². The predicted octanol–water partition coefficient (Wildman–Crippen LogP) is 7.90. The Morgan fingerprint density at radius 2 is 0.969 bits per heavy atom. The molecule has 178 valence electrons. The van der Waals surface area contributed by atoms with Gasteiger partial charge < -0.3 is 15.5 Å². The van der Waals surface area contributed by atoms with E-state index in [2.05, 4.69) is 107 Å². The van der Waals surface area contributed by atoms with E-state index in [1.165, 1.54) is 11.1 Å². The van der Waals surface area contributed by atoms with E-state index < -0.39 is 0 Å². The fourth-order valence-corrected chi connectivity index (χ4v) is 3.80. The van der Waals surface area contributed by atoms with Gasteiger partial charge in [0.25, 0.3) is 0 Å². The SMILES string of the molecule is CC(C)(C)c1cc(CNc2cc(C(C)(C)C)cc(C(C)(C)C)c2O)c(O)c(C(C)(C)C)c1. The lowest BCUT2D eigenvalue weighted by Crippen LogP contribution is -2.19. The van der Waals surface area contributed by atoms with Gasteiger partial charge in [-0.3, -0.25) is 0 Å². The molecule has 0 radical (unpaired) electrons. The number of phenols is 2. The van der Waals surface area contributed by atoms with Crippen LogP contribution in [0.1, 0.15) is 111 Å². The van der Waals surface area contributed by atoms with Gasteiger partial charge in [0.1, 0.15) is 11.5 Å². The van der Waals surface area contributed by atoms with Gasteiger partial charge in [0.15, 0.2) is 0 Å². The highest BCUT2D eigenvalue weighted by Crippen LogP contribution is 2.42. The summed E-state index contributed by atoms with van der Waals surface area (Å²) in [6.07, 6.45) is 0. The van der Waals surface area contributed by atoms with Crippen molar-refractivity contribution in [1.82, 2.24) is 0 Å². The Labute approximate surface area is 196 Å². The van der Waals surface area contributed by atoms with Crippen LogP contribution in [0, 0.1) is 0 Å². The number of benzene rings is 2. The zero-order valence-corrected chi connectivity index (χ0v) is 22.4. The molecule has 2 aromatic rings. The third-order valence-corrected chi connectivity index (χ3v) is 6.12. The summed E-state index contributed by atoms with van der Waals surface area (Å²) in [5.41, 5.74) is 5.36. The van der Waals surface area contributed by atoms with Crippen LogP contribution in [0.4, 0.5) is 5.69 Å². The van der Waals surface area contributed by atoms with E-state index in [0.29, 0.717) is 18.0 Å². The first-order chi connectivity index (χ1) is 14.2. The normalized spacial score (nSPS) is 13.4. The first-order valence-electron chi connectivity index (χ1n) is 11.7. The van der Waals surface area contributed by atoms with Gasteiger partial charge in [0, 0.05) is 17.7 Å². The lowest BCUT2D eigenvalue weighted by molar-refractivity contribution is 0.437. The van der Waals surface area contributed by atoms with E-state index in [1.54, 1.807) is 0 Å². The first kappa shape index (κ1) is 26.1. The van der Waals surface area contributed by atoms with Gasteiger partial charge >= 0.3 is 0 Å². The number of nitrogens with one attached hydrogen (secondary N) is 1. The van der Waals surface area contributed by atoms with Crippen LogP contribution >= 0.6 is 0 Å². The minimum Gasteiger partial charge on any atom is -0.507 e. The van der Waals surface area contributed by atoms with Crippen LogP contribution in [-0.2, 0) is 28.2 Å². The van der Waals surface area contributed by atoms with E-state index in [1.807, 2.05) is 6.07 Å². The van der Waals surface area contributed by atoms with Gasteiger partial charge in [0.2, 0.25) is 0 Å². The van der Waals surface area contributed by atoms with Crippen LogP contribution in [0.5, 0.6) is 11.5 Å². The molecule has 0 atom stereocenters. The maximum atomic E-state index is 11.1. The minimum atomic E-state index is -0.185. The fraction of sp³-hybridized carbons (Fsp3) is 0.586. The van der Waals surface area contributed by atoms with Crippen molar-refractivity contribution < 1.29 is 10.2 Å². The van der Waals surface area contributed by atoms with Crippen molar-refractivity contribution in [2.45, 2.75) is 111 Å². The van der Waals surface area contributed by atoms with Crippen LogP contribution in [-0.4, -0.2) is 10.2 Å². The monoisotopic (exact) mass is 439 g/mol. The summed E-state index contributed by atoms with van der Waals surface area (Å²) >= 11 is 0. The second-order valence-corrected chi connectivity index (χ2v) is 13.3. The van der Waals surface area contributed by atoms with Crippen molar-refractivity contribution in [3.8, 4) is 11.5 Å².